The molecule has 2 saturated heterocycles. The monoisotopic (exact) mass is 359 g/mol. The van der Waals surface area contributed by atoms with Crippen molar-refractivity contribution in [2.45, 2.75) is 38.0 Å². The van der Waals surface area contributed by atoms with Crippen LogP contribution in [0.15, 0.2) is 24.3 Å². The zero-order valence-corrected chi connectivity index (χ0v) is 17.0. The van der Waals surface area contributed by atoms with Crippen molar-refractivity contribution in [1.82, 2.24) is 14.7 Å². The Hall–Kier alpha value is -1.10. The van der Waals surface area contributed by atoms with Gasteiger partial charge in [-0.05, 0) is 50.6 Å². The maximum absolute atomic E-state index is 5.50. The first kappa shape index (κ1) is 19.7. The number of piperazine rings is 1. The summed E-state index contributed by atoms with van der Waals surface area (Å²) < 4.78 is 5.50. The number of rotatable bonds is 6. The van der Waals surface area contributed by atoms with E-state index in [9.17, 15) is 0 Å². The van der Waals surface area contributed by atoms with Gasteiger partial charge in [-0.15, -0.1) is 0 Å². The molecule has 0 spiro atoms. The molecule has 3 rings (SSSR count). The van der Waals surface area contributed by atoms with Crippen molar-refractivity contribution in [2.75, 3.05) is 66.5 Å². The highest BCUT2D eigenvalue weighted by molar-refractivity contribution is 5.34. The highest BCUT2D eigenvalue weighted by atomic mass is 16.5. The summed E-state index contributed by atoms with van der Waals surface area (Å²) in [6.07, 6.45) is 5.15. The number of methoxy groups -OCH3 is 1. The molecule has 4 nitrogen and oxygen atoms in total. The van der Waals surface area contributed by atoms with Gasteiger partial charge in [0.05, 0.1) is 7.11 Å². The maximum atomic E-state index is 5.50. The number of ether oxygens (including phenoxy) is 1. The molecule has 2 fully saturated rings. The topological polar surface area (TPSA) is 19.0 Å². The number of nitrogens with zero attached hydrogens (tertiary/aromatic N) is 3. The van der Waals surface area contributed by atoms with Gasteiger partial charge in [-0.3, -0.25) is 4.90 Å². The first-order valence-electron chi connectivity index (χ1n) is 10.4. The third-order valence-electron chi connectivity index (χ3n) is 6.59. The molecule has 0 aliphatic carbocycles. The van der Waals surface area contributed by atoms with Crippen molar-refractivity contribution in [2.24, 2.45) is 0 Å². The summed E-state index contributed by atoms with van der Waals surface area (Å²) in [6, 6.07) is 8.81. The average molecular weight is 360 g/mol. The molecule has 4 heteroatoms. The number of benzene rings is 1. The number of likely N-dealkylation sites (tertiary alicyclic amines) is 1. The van der Waals surface area contributed by atoms with E-state index in [0.29, 0.717) is 0 Å². The van der Waals surface area contributed by atoms with Crippen molar-refractivity contribution >= 4 is 0 Å². The third-order valence-corrected chi connectivity index (χ3v) is 6.59. The van der Waals surface area contributed by atoms with E-state index in [1.807, 2.05) is 0 Å². The Morgan fingerprint density at radius 1 is 1.00 bits per heavy atom. The van der Waals surface area contributed by atoms with E-state index in [0.717, 1.165) is 5.75 Å². The van der Waals surface area contributed by atoms with Crippen LogP contribution >= 0.6 is 0 Å². The molecule has 1 aromatic carbocycles. The normalized spacial score (nSPS) is 26.6. The van der Waals surface area contributed by atoms with Crippen LogP contribution in [0.4, 0.5) is 0 Å². The van der Waals surface area contributed by atoms with E-state index < -0.39 is 0 Å². The molecular formula is C22H37N3O. The molecule has 1 unspecified atom stereocenters. The van der Waals surface area contributed by atoms with E-state index in [-0.39, 0.29) is 5.41 Å². The van der Waals surface area contributed by atoms with Crippen LogP contribution in [0.1, 0.15) is 38.2 Å². The lowest BCUT2D eigenvalue weighted by molar-refractivity contribution is 0.128. The molecule has 1 atom stereocenters. The molecule has 2 aliphatic rings. The van der Waals surface area contributed by atoms with Gasteiger partial charge >= 0.3 is 0 Å². The fourth-order valence-electron chi connectivity index (χ4n) is 4.61. The second kappa shape index (κ2) is 9.20. The Morgan fingerprint density at radius 3 is 2.50 bits per heavy atom. The summed E-state index contributed by atoms with van der Waals surface area (Å²) in [4.78, 5) is 7.81. The van der Waals surface area contributed by atoms with Gasteiger partial charge in [-0.25, -0.2) is 0 Å². The van der Waals surface area contributed by atoms with Crippen LogP contribution in [0, 0.1) is 0 Å². The van der Waals surface area contributed by atoms with Gasteiger partial charge in [0.1, 0.15) is 5.75 Å². The van der Waals surface area contributed by atoms with E-state index in [4.69, 9.17) is 4.74 Å². The van der Waals surface area contributed by atoms with E-state index in [1.54, 1.807) is 7.11 Å². The van der Waals surface area contributed by atoms with Crippen LogP contribution < -0.4 is 4.74 Å². The first-order valence-corrected chi connectivity index (χ1v) is 10.4. The summed E-state index contributed by atoms with van der Waals surface area (Å²) in [7, 11) is 4.00. The van der Waals surface area contributed by atoms with Gasteiger partial charge < -0.3 is 14.5 Å². The van der Waals surface area contributed by atoms with E-state index >= 15 is 0 Å². The molecule has 0 bridgehead atoms. The minimum absolute atomic E-state index is 0.271. The maximum Gasteiger partial charge on any atom is 0.119 e. The second-order valence-corrected chi connectivity index (χ2v) is 8.24. The zero-order chi connectivity index (χ0) is 18.4. The lowest BCUT2D eigenvalue weighted by Gasteiger charge is -2.38. The van der Waals surface area contributed by atoms with Crippen LogP contribution in [0.5, 0.6) is 5.75 Å². The van der Waals surface area contributed by atoms with Crippen LogP contribution in [-0.2, 0) is 5.41 Å². The van der Waals surface area contributed by atoms with Gasteiger partial charge in [0.15, 0.2) is 0 Å². The first-order chi connectivity index (χ1) is 12.6. The standard InChI is InChI=1S/C22H37N3O/c1-4-22(20-8-7-9-21(18-20)26-3)10-5-6-11-25(19-22)17-16-24-14-12-23(2)13-15-24/h7-9,18H,4-6,10-17,19H2,1-3H3. The van der Waals surface area contributed by atoms with Gasteiger partial charge in [0.25, 0.3) is 0 Å². The molecule has 2 aliphatic heterocycles. The molecule has 0 amide bonds. The predicted octanol–water partition coefficient (Wildman–Crippen LogP) is 3.08. The molecule has 146 valence electrons. The molecule has 0 aromatic heterocycles. The molecule has 0 saturated carbocycles. The Kier molecular flexibility index (Phi) is 6.96. The zero-order valence-electron chi connectivity index (χ0n) is 17.0. The van der Waals surface area contributed by atoms with Crippen LogP contribution in [0.25, 0.3) is 0 Å². The minimum atomic E-state index is 0.271. The summed E-state index contributed by atoms with van der Waals surface area (Å²) in [5.74, 6) is 0.989. The van der Waals surface area contributed by atoms with Gasteiger partial charge in [0.2, 0.25) is 0 Å². The Bertz CT molecular complexity index is 556. The Balaban J connectivity index is 1.66. The Labute approximate surface area is 160 Å². The molecule has 0 N–H and O–H groups in total. The summed E-state index contributed by atoms with van der Waals surface area (Å²) >= 11 is 0. The predicted molar refractivity (Wildman–Crippen MR) is 109 cm³/mol. The second-order valence-electron chi connectivity index (χ2n) is 8.24. The van der Waals surface area contributed by atoms with E-state index in [2.05, 4.69) is 52.9 Å². The average Bonchev–Trinajstić information content (AvgIpc) is 2.91. The number of hydrogen-bond donors (Lipinski definition) is 0. The smallest absolute Gasteiger partial charge is 0.119 e. The molecular weight excluding hydrogens is 322 g/mol. The fourth-order valence-corrected chi connectivity index (χ4v) is 4.61. The molecule has 1 aromatic rings. The summed E-state index contributed by atoms with van der Waals surface area (Å²) in [5, 5.41) is 0. The van der Waals surface area contributed by atoms with Gasteiger partial charge in [-0.1, -0.05) is 25.5 Å². The fraction of sp³-hybridized carbons (Fsp3) is 0.727. The SMILES string of the molecule is CCC1(c2cccc(OC)c2)CCCCN(CCN2CCN(C)CC2)C1. The molecule has 0 radical (unpaired) electrons. The quantitative estimate of drug-likeness (QED) is 0.777. The van der Waals surface area contributed by atoms with Crippen molar-refractivity contribution in [3.8, 4) is 5.75 Å². The number of likely N-dealkylation sites (N-methyl/N-ethyl adjacent to an activating group) is 1. The lowest BCUT2D eigenvalue weighted by Crippen LogP contribution is -2.48. The summed E-state index contributed by atoms with van der Waals surface area (Å²) in [5.41, 5.74) is 1.73. The van der Waals surface area contributed by atoms with Crippen LogP contribution in [0.2, 0.25) is 0 Å². The van der Waals surface area contributed by atoms with Crippen molar-refractivity contribution in [3.05, 3.63) is 29.8 Å². The van der Waals surface area contributed by atoms with Gasteiger partial charge in [0, 0.05) is 51.2 Å². The van der Waals surface area contributed by atoms with Gasteiger partial charge in [-0.2, -0.15) is 0 Å². The van der Waals surface area contributed by atoms with E-state index in [1.165, 1.54) is 83.6 Å². The molecule has 26 heavy (non-hydrogen) atoms. The van der Waals surface area contributed by atoms with Crippen molar-refractivity contribution in [3.63, 3.8) is 0 Å². The minimum Gasteiger partial charge on any atom is -0.497 e. The van der Waals surface area contributed by atoms with Crippen LogP contribution in [-0.4, -0.2) is 81.2 Å². The highest BCUT2D eigenvalue weighted by Crippen LogP contribution is 2.37. The van der Waals surface area contributed by atoms with Crippen LogP contribution in [0.3, 0.4) is 0 Å². The Morgan fingerprint density at radius 2 is 1.77 bits per heavy atom. The summed E-state index contributed by atoms with van der Waals surface area (Å²) in [6.45, 7) is 12.1. The van der Waals surface area contributed by atoms with Crippen molar-refractivity contribution in [1.29, 1.82) is 0 Å². The third kappa shape index (κ3) is 4.79. The largest absolute Gasteiger partial charge is 0.497 e. The van der Waals surface area contributed by atoms with Crippen molar-refractivity contribution < 1.29 is 4.74 Å². The highest BCUT2D eigenvalue weighted by Gasteiger charge is 2.34. The molecule has 2 heterocycles. The number of hydrogen-bond acceptors (Lipinski definition) is 4. The lowest BCUT2D eigenvalue weighted by atomic mass is 9.74.